The summed E-state index contributed by atoms with van der Waals surface area (Å²) in [7, 11) is 0. The Morgan fingerprint density at radius 2 is 1.69 bits per heavy atom. The highest BCUT2D eigenvalue weighted by molar-refractivity contribution is 4.91. The molecule has 1 rings (SSSR count). The summed E-state index contributed by atoms with van der Waals surface area (Å²) in [5.74, 6) is 2.84. The minimum atomic E-state index is 0.610. The maximum Gasteiger partial charge on any atom is -0.0298 e. The lowest BCUT2D eigenvalue weighted by Gasteiger charge is -2.33. The molecule has 0 N–H and O–H groups in total. The van der Waals surface area contributed by atoms with Gasteiger partial charge in [-0.1, -0.05) is 41.0 Å². The summed E-state index contributed by atoms with van der Waals surface area (Å²) in [6.07, 6.45) is 5.76. The SMILES string of the molecule is CCC1CCC(CC(C)C)C1(C)C. The molecule has 1 fully saturated rings. The van der Waals surface area contributed by atoms with Crippen molar-refractivity contribution in [3.05, 3.63) is 0 Å². The molecule has 2 unspecified atom stereocenters. The lowest BCUT2D eigenvalue weighted by atomic mass is 9.72. The first-order chi connectivity index (χ1) is 5.98. The summed E-state index contributed by atoms with van der Waals surface area (Å²) in [6, 6.07) is 0. The second kappa shape index (κ2) is 4.02. The normalized spacial score (nSPS) is 32.8. The topological polar surface area (TPSA) is 0 Å². The molecule has 0 heterocycles. The molecule has 0 amide bonds. The summed E-state index contributed by atoms with van der Waals surface area (Å²) in [4.78, 5) is 0. The van der Waals surface area contributed by atoms with Gasteiger partial charge in [0.2, 0.25) is 0 Å². The number of hydrogen-bond donors (Lipinski definition) is 0. The third-order valence-corrected chi connectivity index (χ3v) is 4.22. The molecule has 2 atom stereocenters. The molecule has 1 saturated carbocycles. The summed E-state index contributed by atoms with van der Waals surface area (Å²) in [5.41, 5.74) is 0.610. The minimum absolute atomic E-state index is 0.610. The van der Waals surface area contributed by atoms with Crippen LogP contribution in [-0.4, -0.2) is 0 Å². The summed E-state index contributed by atoms with van der Waals surface area (Å²) < 4.78 is 0. The molecular formula is C13H26. The smallest absolute Gasteiger partial charge is 0.0298 e. The van der Waals surface area contributed by atoms with E-state index in [2.05, 4.69) is 34.6 Å². The fraction of sp³-hybridized carbons (Fsp3) is 1.00. The van der Waals surface area contributed by atoms with Crippen LogP contribution in [0.5, 0.6) is 0 Å². The molecule has 0 heteroatoms. The zero-order valence-corrected chi connectivity index (χ0v) is 10.1. The maximum absolute atomic E-state index is 2.49. The molecule has 0 aromatic carbocycles. The Morgan fingerprint density at radius 1 is 1.15 bits per heavy atom. The van der Waals surface area contributed by atoms with Crippen LogP contribution in [0, 0.1) is 23.2 Å². The van der Waals surface area contributed by atoms with Gasteiger partial charge in [-0.3, -0.25) is 0 Å². The van der Waals surface area contributed by atoms with Gasteiger partial charge in [-0.05, 0) is 42.4 Å². The van der Waals surface area contributed by atoms with E-state index in [-0.39, 0.29) is 0 Å². The molecule has 13 heavy (non-hydrogen) atoms. The van der Waals surface area contributed by atoms with Crippen molar-refractivity contribution in [3.63, 3.8) is 0 Å². The number of hydrogen-bond acceptors (Lipinski definition) is 0. The zero-order chi connectivity index (χ0) is 10.1. The van der Waals surface area contributed by atoms with Crippen molar-refractivity contribution in [2.45, 2.75) is 60.3 Å². The van der Waals surface area contributed by atoms with Crippen LogP contribution in [0.3, 0.4) is 0 Å². The average molecular weight is 182 g/mol. The summed E-state index contributed by atoms with van der Waals surface area (Å²) in [5, 5.41) is 0. The Bertz CT molecular complexity index is 155. The first kappa shape index (κ1) is 11.1. The molecule has 0 bridgehead atoms. The van der Waals surface area contributed by atoms with E-state index in [9.17, 15) is 0 Å². The van der Waals surface area contributed by atoms with Crippen molar-refractivity contribution in [1.29, 1.82) is 0 Å². The van der Waals surface area contributed by atoms with E-state index < -0.39 is 0 Å². The quantitative estimate of drug-likeness (QED) is 0.603. The molecule has 78 valence electrons. The highest BCUT2D eigenvalue weighted by Crippen LogP contribution is 2.50. The van der Waals surface area contributed by atoms with Crippen LogP contribution in [-0.2, 0) is 0 Å². The third-order valence-electron chi connectivity index (χ3n) is 4.22. The molecular weight excluding hydrogens is 156 g/mol. The van der Waals surface area contributed by atoms with Crippen LogP contribution >= 0.6 is 0 Å². The maximum atomic E-state index is 2.49. The van der Waals surface area contributed by atoms with Gasteiger partial charge in [0.15, 0.2) is 0 Å². The molecule has 0 aliphatic heterocycles. The van der Waals surface area contributed by atoms with Crippen molar-refractivity contribution < 1.29 is 0 Å². The van der Waals surface area contributed by atoms with Gasteiger partial charge < -0.3 is 0 Å². The zero-order valence-electron chi connectivity index (χ0n) is 10.1. The van der Waals surface area contributed by atoms with Crippen LogP contribution < -0.4 is 0 Å². The Kier molecular flexibility index (Phi) is 3.43. The molecule has 0 spiro atoms. The van der Waals surface area contributed by atoms with Crippen molar-refractivity contribution in [2.24, 2.45) is 23.2 Å². The van der Waals surface area contributed by atoms with Crippen LogP contribution in [0.15, 0.2) is 0 Å². The third kappa shape index (κ3) is 2.27. The fourth-order valence-corrected chi connectivity index (χ4v) is 3.20. The van der Waals surface area contributed by atoms with Gasteiger partial charge >= 0.3 is 0 Å². The molecule has 1 aliphatic carbocycles. The molecule has 0 radical (unpaired) electrons. The van der Waals surface area contributed by atoms with E-state index in [1.807, 2.05) is 0 Å². The van der Waals surface area contributed by atoms with Gasteiger partial charge in [0, 0.05) is 0 Å². The molecule has 0 aromatic heterocycles. The minimum Gasteiger partial charge on any atom is -0.0651 e. The Balaban J connectivity index is 2.58. The van der Waals surface area contributed by atoms with Crippen LogP contribution in [0.1, 0.15) is 60.3 Å². The summed E-state index contributed by atoms with van der Waals surface area (Å²) in [6.45, 7) is 12.0. The second-order valence-corrected chi connectivity index (χ2v) is 5.83. The Hall–Kier alpha value is 0. The number of rotatable bonds is 3. The Labute approximate surface area is 84.1 Å². The monoisotopic (exact) mass is 182 g/mol. The van der Waals surface area contributed by atoms with E-state index in [1.54, 1.807) is 0 Å². The predicted molar refractivity (Wildman–Crippen MR) is 59.7 cm³/mol. The predicted octanol–water partition coefficient (Wildman–Crippen LogP) is 4.49. The van der Waals surface area contributed by atoms with Crippen molar-refractivity contribution in [1.82, 2.24) is 0 Å². The highest BCUT2D eigenvalue weighted by Gasteiger charge is 2.41. The standard InChI is InChI=1S/C13H26/c1-6-11-7-8-12(9-10(2)3)13(11,4)5/h10-12H,6-9H2,1-5H3. The average Bonchev–Trinajstić information content (AvgIpc) is 2.26. The molecule has 0 nitrogen and oxygen atoms in total. The molecule has 0 saturated heterocycles. The molecule has 0 aromatic rings. The van der Waals surface area contributed by atoms with Gasteiger partial charge in [-0.25, -0.2) is 0 Å². The highest BCUT2D eigenvalue weighted by atomic mass is 14.5. The molecule has 1 aliphatic rings. The van der Waals surface area contributed by atoms with E-state index in [0.29, 0.717) is 5.41 Å². The van der Waals surface area contributed by atoms with Crippen LogP contribution in [0.4, 0.5) is 0 Å². The van der Waals surface area contributed by atoms with Crippen LogP contribution in [0.25, 0.3) is 0 Å². The van der Waals surface area contributed by atoms with E-state index in [0.717, 1.165) is 17.8 Å². The van der Waals surface area contributed by atoms with Gasteiger partial charge in [-0.15, -0.1) is 0 Å². The first-order valence-electron chi connectivity index (χ1n) is 5.98. The van der Waals surface area contributed by atoms with E-state index in [1.165, 1.54) is 25.7 Å². The van der Waals surface area contributed by atoms with Crippen molar-refractivity contribution in [2.75, 3.05) is 0 Å². The fourth-order valence-electron chi connectivity index (χ4n) is 3.20. The van der Waals surface area contributed by atoms with Gasteiger partial charge in [-0.2, -0.15) is 0 Å². The lowest BCUT2D eigenvalue weighted by molar-refractivity contribution is 0.160. The van der Waals surface area contributed by atoms with Gasteiger partial charge in [0.25, 0.3) is 0 Å². The van der Waals surface area contributed by atoms with Crippen molar-refractivity contribution >= 4 is 0 Å². The summed E-state index contributed by atoms with van der Waals surface area (Å²) >= 11 is 0. The van der Waals surface area contributed by atoms with E-state index in [4.69, 9.17) is 0 Å². The van der Waals surface area contributed by atoms with Gasteiger partial charge in [0.05, 0.1) is 0 Å². The lowest BCUT2D eigenvalue weighted by Crippen LogP contribution is -2.25. The van der Waals surface area contributed by atoms with Crippen LogP contribution in [0.2, 0.25) is 0 Å². The largest absolute Gasteiger partial charge is 0.0651 e. The Morgan fingerprint density at radius 3 is 2.08 bits per heavy atom. The van der Waals surface area contributed by atoms with Gasteiger partial charge in [0.1, 0.15) is 0 Å². The van der Waals surface area contributed by atoms with E-state index >= 15 is 0 Å². The van der Waals surface area contributed by atoms with Crippen molar-refractivity contribution in [3.8, 4) is 0 Å². The first-order valence-corrected chi connectivity index (χ1v) is 5.98. The second-order valence-electron chi connectivity index (χ2n) is 5.83.